The lowest BCUT2D eigenvalue weighted by atomic mass is 9.94. The molecule has 0 bridgehead atoms. The molecule has 1 aliphatic rings. The summed E-state index contributed by atoms with van der Waals surface area (Å²) in [4.78, 5) is 14.6. The summed E-state index contributed by atoms with van der Waals surface area (Å²) >= 11 is 0. The van der Waals surface area contributed by atoms with Gasteiger partial charge in [-0.05, 0) is 49.2 Å². The summed E-state index contributed by atoms with van der Waals surface area (Å²) in [6, 6.07) is 15.1. The molecular weight excluding hydrogens is 348 g/mol. The zero-order valence-electron chi connectivity index (χ0n) is 14.9. The van der Waals surface area contributed by atoms with Gasteiger partial charge in [0.25, 0.3) is 15.9 Å². The first kappa shape index (κ1) is 18.5. The number of nitrogens with zero attached hydrogens (tertiary/aromatic N) is 1. The van der Waals surface area contributed by atoms with Gasteiger partial charge in [-0.1, -0.05) is 37.5 Å². The number of rotatable bonds is 5. The largest absolute Gasteiger partial charge is 0.339 e. The van der Waals surface area contributed by atoms with Gasteiger partial charge < -0.3 is 4.90 Å². The third-order valence-corrected chi connectivity index (χ3v) is 6.28. The Bertz CT molecular complexity index is 842. The van der Waals surface area contributed by atoms with E-state index in [1.165, 1.54) is 18.6 Å². The number of sulfonamides is 1. The maximum atomic E-state index is 12.7. The van der Waals surface area contributed by atoms with Crippen molar-refractivity contribution in [2.75, 3.05) is 11.8 Å². The minimum absolute atomic E-state index is 0.0585. The van der Waals surface area contributed by atoms with E-state index in [1.54, 1.807) is 41.3 Å². The van der Waals surface area contributed by atoms with Crippen LogP contribution in [0.3, 0.4) is 0 Å². The van der Waals surface area contributed by atoms with Crippen LogP contribution in [-0.2, 0) is 10.0 Å². The van der Waals surface area contributed by atoms with E-state index in [4.69, 9.17) is 0 Å². The molecule has 1 aliphatic carbocycles. The highest BCUT2D eigenvalue weighted by Crippen LogP contribution is 2.23. The number of nitrogens with one attached hydrogen (secondary N) is 1. The van der Waals surface area contributed by atoms with Crippen LogP contribution < -0.4 is 4.72 Å². The second-order valence-corrected chi connectivity index (χ2v) is 8.39. The summed E-state index contributed by atoms with van der Waals surface area (Å²) in [5, 5.41) is 0. The normalized spacial score (nSPS) is 15.4. The number of carbonyl (C=O) groups is 1. The van der Waals surface area contributed by atoms with Crippen molar-refractivity contribution in [1.82, 2.24) is 4.90 Å². The van der Waals surface area contributed by atoms with Crippen LogP contribution in [0.1, 0.15) is 42.5 Å². The van der Waals surface area contributed by atoms with Crippen molar-refractivity contribution in [3.05, 3.63) is 60.2 Å². The number of amides is 1. The SMILES string of the molecule is CN(C(=O)c1ccc(S(=O)(=O)Nc2ccccc2)cc1)C1CCCCC1. The molecule has 1 fully saturated rings. The van der Waals surface area contributed by atoms with Gasteiger partial charge in [0.05, 0.1) is 4.90 Å². The van der Waals surface area contributed by atoms with Crippen LogP contribution >= 0.6 is 0 Å². The van der Waals surface area contributed by atoms with Gasteiger partial charge in [0.15, 0.2) is 0 Å². The Morgan fingerprint density at radius 3 is 2.19 bits per heavy atom. The molecule has 1 amide bonds. The molecule has 1 N–H and O–H groups in total. The molecule has 0 aliphatic heterocycles. The first-order valence-corrected chi connectivity index (χ1v) is 10.4. The van der Waals surface area contributed by atoms with Crippen LogP contribution in [0.2, 0.25) is 0 Å². The quantitative estimate of drug-likeness (QED) is 0.866. The van der Waals surface area contributed by atoms with Gasteiger partial charge in [-0.2, -0.15) is 0 Å². The summed E-state index contributed by atoms with van der Waals surface area (Å²) in [5.41, 5.74) is 1.02. The lowest BCUT2D eigenvalue weighted by Gasteiger charge is -2.31. The average Bonchev–Trinajstić information content (AvgIpc) is 2.68. The molecule has 1 saturated carbocycles. The van der Waals surface area contributed by atoms with Gasteiger partial charge in [0, 0.05) is 24.3 Å². The third kappa shape index (κ3) is 4.25. The Hall–Kier alpha value is -2.34. The van der Waals surface area contributed by atoms with E-state index < -0.39 is 10.0 Å². The third-order valence-electron chi connectivity index (χ3n) is 4.88. The summed E-state index contributed by atoms with van der Waals surface area (Å²) in [6.45, 7) is 0. The maximum Gasteiger partial charge on any atom is 0.261 e. The number of hydrogen-bond acceptors (Lipinski definition) is 3. The predicted octanol–water partition coefficient (Wildman–Crippen LogP) is 3.89. The molecule has 0 atom stereocenters. The van der Waals surface area contributed by atoms with Crippen molar-refractivity contribution in [3.63, 3.8) is 0 Å². The summed E-state index contributed by atoms with van der Waals surface area (Å²) < 4.78 is 27.4. The van der Waals surface area contributed by atoms with Gasteiger partial charge in [0.2, 0.25) is 0 Å². The molecule has 26 heavy (non-hydrogen) atoms. The summed E-state index contributed by atoms with van der Waals surface area (Å²) in [6.07, 6.45) is 5.63. The predicted molar refractivity (Wildman–Crippen MR) is 103 cm³/mol. The Morgan fingerprint density at radius 2 is 1.58 bits per heavy atom. The first-order valence-electron chi connectivity index (χ1n) is 8.92. The fourth-order valence-corrected chi connectivity index (χ4v) is 4.39. The molecule has 138 valence electrons. The van der Waals surface area contributed by atoms with Crippen molar-refractivity contribution >= 4 is 21.6 Å². The van der Waals surface area contributed by atoms with Crippen LogP contribution in [0.5, 0.6) is 0 Å². The molecule has 3 rings (SSSR count). The molecule has 0 unspecified atom stereocenters. The van der Waals surface area contributed by atoms with Crippen LogP contribution in [0.4, 0.5) is 5.69 Å². The summed E-state index contributed by atoms with van der Waals surface area (Å²) in [7, 11) is -1.84. The van der Waals surface area contributed by atoms with Crippen LogP contribution in [0, 0.1) is 0 Å². The Morgan fingerprint density at radius 1 is 0.962 bits per heavy atom. The van der Waals surface area contributed by atoms with Gasteiger partial charge in [-0.25, -0.2) is 8.42 Å². The van der Waals surface area contributed by atoms with Gasteiger partial charge >= 0.3 is 0 Å². The number of benzene rings is 2. The Kier molecular flexibility index (Phi) is 5.61. The minimum atomic E-state index is -3.67. The first-order chi connectivity index (χ1) is 12.5. The number of anilines is 1. The zero-order valence-corrected chi connectivity index (χ0v) is 15.7. The fraction of sp³-hybridized carbons (Fsp3) is 0.350. The molecule has 0 spiro atoms. The standard InChI is InChI=1S/C20H24N2O3S/c1-22(18-10-6-3-7-11-18)20(23)16-12-14-19(15-13-16)26(24,25)21-17-8-4-2-5-9-17/h2,4-5,8-9,12-15,18,21H,3,6-7,10-11H2,1H3. The molecule has 0 aromatic heterocycles. The highest BCUT2D eigenvalue weighted by atomic mass is 32.2. The molecule has 6 heteroatoms. The highest BCUT2D eigenvalue weighted by molar-refractivity contribution is 7.92. The van der Waals surface area contributed by atoms with Crippen LogP contribution in [0.15, 0.2) is 59.5 Å². The number of para-hydroxylation sites is 1. The molecule has 0 saturated heterocycles. The van der Waals surface area contributed by atoms with Gasteiger partial charge in [0.1, 0.15) is 0 Å². The molecule has 2 aromatic carbocycles. The Balaban J connectivity index is 1.72. The van der Waals surface area contributed by atoms with E-state index >= 15 is 0 Å². The topological polar surface area (TPSA) is 66.5 Å². The van der Waals surface area contributed by atoms with Crippen molar-refractivity contribution in [2.24, 2.45) is 0 Å². The van der Waals surface area contributed by atoms with Crippen LogP contribution in [0.25, 0.3) is 0 Å². The second-order valence-electron chi connectivity index (χ2n) is 6.70. The van der Waals surface area contributed by atoms with Crippen molar-refractivity contribution < 1.29 is 13.2 Å². The van der Waals surface area contributed by atoms with E-state index in [9.17, 15) is 13.2 Å². The molecule has 2 aromatic rings. The van der Waals surface area contributed by atoms with E-state index in [0.717, 1.165) is 25.7 Å². The second kappa shape index (κ2) is 7.91. The molecule has 5 nitrogen and oxygen atoms in total. The number of hydrogen-bond donors (Lipinski definition) is 1. The lowest BCUT2D eigenvalue weighted by Crippen LogP contribution is -2.38. The molecule has 0 heterocycles. The van der Waals surface area contributed by atoms with E-state index in [1.807, 2.05) is 13.1 Å². The maximum absolute atomic E-state index is 12.7. The smallest absolute Gasteiger partial charge is 0.261 e. The average molecular weight is 372 g/mol. The van der Waals surface area contributed by atoms with Crippen LogP contribution in [-0.4, -0.2) is 32.3 Å². The van der Waals surface area contributed by atoms with Gasteiger partial charge in [-0.15, -0.1) is 0 Å². The monoisotopic (exact) mass is 372 g/mol. The van der Waals surface area contributed by atoms with Gasteiger partial charge in [-0.3, -0.25) is 9.52 Å². The minimum Gasteiger partial charge on any atom is -0.339 e. The molecule has 0 radical (unpaired) electrons. The highest BCUT2D eigenvalue weighted by Gasteiger charge is 2.23. The van der Waals surface area contributed by atoms with E-state index in [0.29, 0.717) is 11.3 Å². The fourth-order valence-electron chi connectivity index (χ4n) is 3.33. The lowest BCUT2D eigenvalue weighted by molar-refractivity contribution is 0.0696. The Labute approximate surface area is 155 Å². The van der Waals surface area contributed by atoms with E-state index in [2.05, 4.69) is 4.72 Å². The van der Waals surface area contributed by atoms with Crippen molar-refractivity contribution in [1.29, 1.82) is 0 Å². The zero-order chi connectivity index (χ0) is 18.6. The summed E-state index contributed by atoms with van der Waals surface area (Å²) in [5.74, 6) is -0.0585. The number of carbonyl (C=O) groups excluding carboxylic acids is 1. The molecular formula is C20H24N2O3S. The van der Waals surface area contributed by atoms with E-state index in [-0.39, 0.29) is 16.8 Å². The van der Waals surface area contributed by atoms with Crippen molar-refractivity contribution in [3.8, 4) is 0 Å². The van der Waals surface area contributed by atoms with Crippen molar-refractivity contribution in [2.45, 2.75) is 43.0 Å².